The van der Waals surface area contributed by atoms with Gasteiger partial charge in [0.15, 0.2) is 0 Å². The minimum Gasteiger partial charge on any atom is -0.496 e. The third-order valence-electron chi connectivity index (χ3n) is 2.56. The Morgan fingerprint density at radius 1 is 1.26 bits per heavy atom. The highest BCUT2D eigenvalue weighted by Gasteiger charge is 2.33. The molecule has 1 heterocycles. The Kier molecular flexibility index (Phi) is 3.84. The van der Waals surface area contributed by atoms with Gasteiger partial charge in [-0.3, -0.25) is 9.59 Å². The molecule has 1 aromatic rings. The van der Waals surface area contributed by atoms with Gasteiger partial charge in [-0.05, 0) is 18.2 Å². The summed E-state index contributed by atoms with van der Waals surface area (Å²) in [6.07, 6.45) is 0.115. The lowest BCUT2D eigenvalue weighted by Gasteiger charge is -2.14. The van der Waals surface area contributed by atoms with Crippen molar-refractivity contribution in [1.29, 1.82) is 0 Å². The Morgan fingerprint density at radius 3 is 2.47 bits per heavy atom. The number of methoxy groups -OCH3 is 1. The molecule has 0 bridgehead atoms. The highest BCUT2D eigenvalue weighted by atomic mass is 79.9. The van der Waals surface area contributed by atoms with Gasteiger partial charge in [0.2, 0.25) is 0 Å². The average Bonchev–Trinajstić information content (AvgIpc) is 2.70. The van der Waals surface area contributed by atoms with Gasteiger partial charge in [0.05, 0.1) is 7.11 Å². The first kappa shape index (κ1) is 13.5. The van der Waals surface area contributed by atoms with E-state index in [9.17, 15) is 14.4 Å². The number of rotatable bonds is 3. The number of imide groups is 1. The molecule has 1 fully saturated rings. The van der Waals surface area contributed by atoms with Crippen LogP contribution in [0.5, 0.6) is 5.75 Å². The quantitative estimate of drug-likeness (QED) is 0.790. The molecule has 1 aromatic carbocycles. The van der Waals surface area contributed by atoms with Crippen LogP contribution in [0.15, 0.2) is 22.7 Å². The van der Waals surface area contributed by atoms with Gasteiger partial charge in [0.1, 0.15) is 11.3 Å². The van der Waals surface area contributed by atoms with Gasteiger partial charge in [-0.25, -0.2) is 4.79 Å². The van der Waals surface area contributed by atoms with Crippen LogP contribution in [-0.4, -0.2) is 30.0 Å². The molecular weight excluding hydrogens is 318 g/mol. The Hall–Kier alpha value is -1.89. The number of hydroxylamine groups is 2. The zero-order valence-electron chi connectivity index (χ0n) is 10.0. The monoisotopic (exact) mass is 327 g/mol. The summed E-state index contributed by atoms with van der Waals surface area (Å²) in [7, 11) is 1.41. The third-order valence-corrected chi connectivity index (χ3v) is 3.05. The molecule has 2 amide bonds. The number of carbonyl (C=O) groups excluding carboxylic acids is 3. The maximum atomic E-state index is 12.0. The first-order valence-corrected chi connectivity index (χ1v) is 6.24. The largest absolute Gasteiger partial charge is 0.496 e. The highest BCUT2D eigenvalue weighted by molar-refractivity contribution is 9.10. The van der Waals surface area contributed by atoms with E-state index in [-0.39, 0.29) is 18.4 Å². The first-order valence-electron chi connectivity index (χ1n) is 5.44. The fourth-order valence-electron chi connectivity index (χ4n) is 1.63. The molecule has 0 spiro atoms. The highest BCUT2D eigenvalue weighted by Crippen LogP contribution is 2.24. The molecule has 0 radical (unpaired) electrons. The fourth-order valence-corrected chi connectivity index (χ4v) is 1.99. The molecule has 0 atom stereocenters. The van der Waals surface area contributed by atoms with Gasteiger partial charge in [-0.2, -0.15) is 0 Å². The Morgan fingerprint density at radius 2 is 1.89 bits per heavy atom. The summed E-state index contributed by atoms with van der Waals surface area (Å²) in [5, 5.41) is 0.503. The van der Waals surface area contributed by atoms with Crippen molar-refractivity contribution in [3.05, 3.63) is 28.2 Å². The smallest absolute Gasteiger partial charge is 0.367 e. The minimum atomic E-state index is -0.818. The van der Waals surface area contributed by atoms with Crippen LogP contribution in [0.25, 0.3) is 0 Å². The molecule has 0 aromatic heterocycles. The number of ether oxygens (including phenoxy) is 1. The van der Waals surface area contributed by atoms with E-state index < -0.39 is 17.8 Å². The van der Waals surface area contributed by atoms with E-state index in [1.807, 2.05) is 0 Å². The van der Waals surface area contributed by atoms with Crippen LogP contribution < -0.4 is 4.74 Å². The Balaban J connectivity index is 2.22. The number of nitrogens with zero attached hydrogens (tertiary/aromatic N) is 1. The molecule has 1 aliphatic rings. The number of benzene rings is 1. The fraction of sp³-hybridized carbons (Fsp3) is 0.250. The number of halogens is 1. The maximum absolute atomic E-state index is 12.0. The van der Waals surface area contributed by atoms with Crippen molar-refractivity contribution in [1.82, 2.24) is 5.06 Å². The molecule has 0 N–H and O–H groups in total. The van der Waals surface area contributed by atoms with Crippen molar-refractivity contribution < 1.29 is 24.0 Å². The standard InChI is InChI=1S/C12H10BrNO5/c1-18-9-3-2-7(13)6-8(9)12(17)19-14-10(15)4-5-11(14)16/h2-3,6H,4-5H2,1H3. The van der Waals surface area contributed by atoms with Crippen LogP contribution in [-0.2, 0) is 14.4 Å². The predicted molar refractivity (Wildman–Crippen MR) is 67.2 cm³/mol. The number of carbonyl (C=O) groups is 3. The van der Waals surface area contributed by atoms with Gasteiger partial charge in [0, 0.05) is 17.3 Å². The summed E-state index contributed by atoms with van der Waals surface area (Å²) in [5.74, 6) is -1.56. The second kappa shape index (κ2) is 5.40. The van der Waals surface area contributed by atoms with Gasteiger partial charge in [-0.15, -0.1) is 5.06 Å². The van der Waals surface area contributed by atoms with Crippen molar-refractivity contribution in [2.45, 2.75) is 12.8 Å². The van der Waals surface area contributed by atoms with E-state index >= 15 is 0 Å². The molecule has 0 aliphatic carbocycles. The zero-order chi connectivity index (χ0) is 14.0. The molecule has 1 saturated heterocycles. The molecule has 0 unspecified atom stereocenters. The molecule has 19 heavy (non-hydrogen) atoms. The number of hydrogen-bond donors (Lipinski definition) is 0. The van der Waals surface area contributed by atoms with Gasteiger partial charge >= 0.3 is 5.97 Å². The molecule has 2 rings (SSSR count). The van der Waals surface area contributed by atoms with Gasteiger partial charge in [0.25, 0.3) is 11.8 Å². The second-order valence-corrected chi connectivity index (χ2v) is 4.72. The summed E-state index contributed by atoms with van der Waals surface area (Å²) in [6, 6.07) is 4.77. The summed E-state index contributed by atoms with van der Waals surface area (Å²) in [6.45, 7) is 0. The molecule has 1 aliphatic heterocycles. The van der Waals surface area contributed by atoms with Gasteiger partial charge in [-0.1, -0.05) is 15.9 Å². The minimum absolute atomic E-state index is 0.0573. The Bertz CT molecular complexity index is 541. The van der Waals surface area contributed by atoms with Crippen molar-refractivity contribution in [3.63, 3.8) is 0 Å². The topological polar surface area (TPSA) is 72.9 Å². The maximum Gasteiger partial charge on any atom is 0.367 e. The normalized spacial score (nSPS) is 14.7. The van der Waals surface area contributed by atoms with E-state index in [1.54, 1.807) is 12.1 Å². The molecule has 7 heteroatoms. The molecule has 100 valence electrons. The molecule has 0 saturated carbocycles. The Labute approximate surface area is 117 Å². The van der Waals surface area contributed by atoms with Crippen molar-refractivity contribution >= 4 is 33.7 Å². The average molecular weight is 328 g/mol. The van der Waals surface area contributed by atoms with Crippen LogP contribution in [0.4, 0.5) is 0 Å². The molecule has 6 nitrogen and oxygen atoms in total. The third kappa shape index (κ3) is 2.76. The second-order valence-electron chi connectivity index (χ2n) is 3.81. The van der Waals surface area contributed by atoms with Crippen LogP contribution in [0.3, 0.4) is 0 Å². The summed E-state index contributed by atoms with van der Waals surface area (Å²) >= 11 is 3.22. The van der Waals surface area contributed by atoms with Crippen LogP contribution >= 0.6 is 15.9 Å². The summed E-state index contributed by atoms with van der Waals surface area (Å²) in [4.78, 5) is 39.5. The number of amides is 2. The van der Waals surface area contributed by atoms with E-state index in [0.29, 0.717) is 15.3 Å². The summed E-state index contributed by atoms with van der Waals surface area (Å²) in [5.41, 5.74) is 0.129. The summed E-state index contributed by atoms with van der Waals surface area (Å²) < 4.78 is 5.68. The predicted octanol–water partition coefficient (Wildman–Crippen LogP) is 1.68. The first-order chi connectivity index (χ1) is 9.02. The lowest BCUT2D eigenvalue weighted by Crippen LogP contribution is -2.32. The molecular formula is C12H10BrNO5. The van der Waals surface area contributed by atoms with E-state index in [1.165, 1.54) is 13.2 Å². The SMILES string of the molecule is COc1ccc(Br)cc1C(=O)ON1C(=O)CCC1=O. The van der Waals surface area contributed by atoms with Crippen molar-refractivity contribution in [2.75, 3.05) is 7.11 Å². The van der Waals surface area contributed by atoms with Crippen LogP contribution in [0, 0.1) is 0 Å². The zero-order valence-corrected chi connectivity index (χ0v) is 11.6. The van der Waals surface area contributed by atoms with E-state index in [4.69, 9.17) is 9.57 Å². The van der Waals surface area contributed by atoms with Crippen LogP contribution in [0.2, 0.25) is 0 Å². The van der Waals surface area contributed by atoms with Crippen molar-refractivity contribution in [3.8, 4) is 5.75 Å². The van der Waals surface area contributed by atoms with E-state index in [0.717, 1.165) is 0 Å². The lowest BCUT2D eigenvalue weighted by molar-refractivity contribution is -0.172. The van der Waals surface area contributed by atoms with Crippen molar-refractivity contribution in [2.24, 2.45) is 0 Å². The van der Waals surface area contributed by atoms with E-state index in [2.05, 4.69) is 15.9 Å². The van der Waals surface area contributed by atoms with Crippen LogP contribution in [0.1, 0.15) is 23.2 Å². The number of hydrogen-bond acceptors (Lipinski definition) is 5. The lowest BCUT2D eigenvalue weighted by atomic mass is 10.2. The van der Waals surface area contributed by atoms with Gasteiger partial charge < -0.3 is 9.57 Å².